The van der Waals surface area contributed by atoms with Gasteiger partial charge in [0.1, 0.15) is 5.78 Å². The summed E-state index contributed by atoms with van der Waals surface area (Å²) in [7, 11) is 0. The van der Waals surface area contributed by atoms with Crippen molar-refractivity contribution in [1.82, 2.24) is 0 Å². The Morgan fingerprint density at radius 3 is 1.89 bits per heavy atom. The van der Waals surface area contributed by atoms with Crippen LogP contribution in [0.5, 0.6) is 0 Å². The van der Waals surface area contributed by atoms with Gasteiger partial charge in [-0.15, -0.1) is 0 Å². The normalized spacial score (nSPS) is 36.6. The summed E-state index contributed by atoms with van der Waals surface area (Å²) < 4.78 is 0. The van der Waals surface area contributed by atoms with Crippen LogP contribution in [-0.4, -0.2) is 5.78 Å². The second kappa shape index (κ2) is 9.78. The maximum Gasteiger partial charge on any atom is 0.140 e. The predicted molar refractivity (Wildman–Crippen MR) is 161 cm³/mol. The van der Waals surface area contributed by atoms with Crippen molar-refractivity contribution in [3.63, 3.8) is 0 Å². The first-order valence-electron chi connectivity index (χ1n) is 16.2. The molecule has 9 atom stereocenters. The van der Waals surface area contributed by atoms with E-state index in [2.05, 4.69) is 85.7 Å². The molecule has 206 valence electrons. The van der Waals surface area contributed by atoms with E-state index in [1.54, 1.807) is 11.1 Å². The topological polar surface area (TPSA) is 17.1 Å². The minimum atomic E-state index is 0.304. The Hall–Kier alpha value is -1.63. The van der Waals surface area contributed by atoms with Gasteiger partial charge >= 0.3 is 0 Å². The van der Waals surface area contributed by atoms with Crippen molar-refractivity contribution in [2.24, 2.45) is 59.2 Å². The fraction of sp³-hybridized carbons (Fsp3) is 0.703. The van der Waals surface area contributed by atoms with Crippen molar-refractivity contribution >= 4 is 16.6 Å². The van der Waals surface area contributed by atoms with E-state index < -0.39 is 0 Å². The molecule has 0 saturated heterocycles. The number of ketones is 1. The number of rotatable bonds is 5. The number of hydrogen-bond acceptors (Lipinski definition) is 1. The van der Waals surface area contributed by atoms with Gasteiger partial charge in [-0.1, -0.05) is 92.1 Å². The highest BCUT2D eigenvalue weighted by Crippen LogP contribution is 2.69. The highest BCUT2D eigenvalue weighted by Gasteiger charge is 2.66. The van der Waals surface area contributed by atoms with Gasteiger partial charge in [0.25, 0.3) is 0 Å². The molecule has 0 amide bonds. The van der Waals surface area contributed by atoms with Gasteiger partial charge in [-0.3, -0.25) is 4.79 Å². The Morgan fingerprint density at radius 1 is 0.658 bits per heavy atom. The largest absolute Gasteiger partial charge is 0.299 e. The summed E-state index contributed by atoms with van der Waals surface area (Å²) >= 11 is 0. The maximum atomic E-state index is 13.9. The van der Waals surface area contributed by atoms with E-state index in [-0.39, 0.29) is 0 Å². The lowest BCUT2D eigenvalue weighted by atomic mass is 9.56. The van der Waals surface area contributed by atoms with E-state index in [0.717, 1.165) is 23.7 Å². The second-order valence-electron chi connectivity index (χ2n) is 15.1. The van der Waals surface area contributed by atoms with E-state index in [1.165, 1.54) is 48.4 Å². The molecule has 4 aliphatic rings. The Kier molecular flexibility index (Phi) is 6.84. The van der Waals surface area contributed by atoms with Crippen molar-refractivity contribution in [2.75, 3.05) is 0 Å². The van der Waals surface area contributed by atoms with Gasteiger partial charge in [0.15, 0.2) is 0 Å². The molecule has 4 saturated carbocycles. The number of hydrogen-bond donors (Lipinski definition) is 0. The zero-order valence-corrected chi connectivity index (χ0v) is 25.3. The fourth-order valence-electron chi connectivity index (χ4n) is 10.8. The maximum absolute atomic E-state index is 13.9. The van der Waals surface area contributed by atoms with Gasteiger partial charge in [-0.2, -0.15) is 0 Å². The number of fused-ring (bicyclic) bond motifs is 4. The van der Waals surface area contributed by atoms with Crippen LogP contribution < -0.4 is 0 Å². The molecule has 38 heavy (non-hydrogen) atoms. The average Bonchev–Trinajstić information content (AvgIpc) is 3.35. The molecule has 1 heteroatoms. The first-order chi connectivity index (χ1) is 18.1. The van der Waals surface area contributed by atoms with Crippen LogP contribution in [0.15, 0.2) is 30.3 Å². The zero-order chi connectivity index (χ0) is 27.0. The molecular formula is C37H52O. The molecule has 0 N–H and O–H groups in total. The lowest BCUT2D eigenvalue weighted by Gasteiger charge is -2.48. The number of benzene rings is 2. The van der Waals surface area contributed by atoms with E-state index in [4.69, 9.17) is 0 Å². The lowest BCUT2D eigenvalue weighted by Crippen LogP contribution is -2.41. The Labute approximate surface area is 232 Å². The van der Waals surface area contributed by atoms with Gasteiger partial charge in [0, 0.05) is 11.8 Å². The van der Waals surface area contributed by atoms with Crippen LogP contribution in [-0.2, 0) is 4.79 Å². The first-order valence-corrected chi connectivity index (χ1v) is 16.2. The van der Waals surface area contributed by atoms with Crippen molar-refractivity contribution in [3.8, 4) is 0 Å². The SMILES string of the molecule is CC(C)c1ccc2c(C3CCC4C5C3CCCC5C3C(C(C)C)C(=O)C(C(C)C)C43)c(C(C)C)ccc2c1. The van der Waals surface area contributed by atoms with Crippen molar-refractivity contribution in [1.29, 1.82) is 0 Å². The molecule has 1 nitrogen and oxygen atoms in total. The van der Waals surface area contributed by atoms with Crippen LogP contribution in [0.25, 0.3) is 10.8 Å². The highest BCUT2D eigenvalue weighted by molar-refractivity contribution is 5.89. The number of carbonyl (C=O) groups excluding carboxylic acids is 1. The lowest BCUT2D eigenvalue weighted by molar-refractivity contribution is -0.128. The molecule has 0 aromatic heterocycles. The molecule has 0 radical (unpaired) electrons. The fourth-order valence-corrected chi connectivity index (χ4v) is 10.8. The molecule has 0 spiro atoms. The van der Waals surface area contributed by atoms with Crippen LogP contribution in [0.2, 0.25) is 0 Å². The molecule has 4 aliphatic carbocycles. The molecular weight excluding hydrogens is 460 g/mol. The van der Waals surface area contributed by atoms with E-state index in [0.29, 0.717) is 59.0 Å². The second-order valence-corrected chi connectivity index (χ2v) is 15.1. The summed E-state index contributed by atoms with van der Waals surface area (Å²) in [5, 5.41) is 2.97. The quantitative estimate of drug-likeness (QED) is 0.389. The molecule has 0 heterocycles. The third kappa shape index (κ3) is 3.88. The average molecular weight is 513 g/mol. The zero-order valence-electron chi connectivity index (χ0n) is 25.3. The molecule has 9 unspecified atom stereocenters. The van der Waals surface area contributed by atoms with Crippen LogP contribution in [0, 0.1) is 59.2 Å². The Balaban J connectivity index is 1.45. The molecule has 2 aromatic rings. The van der Waals surface area contributed by atoms with Crippen LogP contribution >= 0.6 is 0 Å². The van der Waals surface area contributed by atoms with Crippen LogP contribution in [0.4, 0.5) is 0 Å². The monoisotopic (exact) mass is 512 g/mol. The van der Waals surface area contributed by atoms with E-state index >= 15 is 0 Å². The summed E-state index contributed by atoms with van der Waals surface area (Å²) in [5.41, 5.74) is 4.75. The molecule has 4 fully saturated rings. The van der Waals surface area contributed by atoms with Gasteiger partial charge in [0.2, 0.25) is 0 Å². The first kappa shape index (κ1) is 26.6. The van der Waals surface area contributed by atoms with Crippen LogP contribution in [0.3, 0.4) is 0 Å². The van der Waals surface area contributed by atoms with Crippen molar-refractivity contribution in [2.45, 2.75) is 105 Å². The summed E-state index contributed by atoms with van der Waals surface area (Å²) in [4.78, 5) is 13.9. The van der Waals surface area contributed by atoms with Crippen LogP contribution in [0.1, 0.15) is 122 Å². The summed E-state index contributed by atoms with van der Waals surface area (Å²) in [6.07, 6.45) is 6.78. The molecule has 0 bridgehead atoms. The minimum absolute atomic E-state index is 0.304. The molecule has 2 aromatic carbocycles. The van der Waals surface area contributed by atoms with Crippen molar-refractivity contribution in [3.05, 3.63) is 47.0 Å². The Bertz CT molecular complexity index is 1170. The number of Topliss-reactive ketones (excluding diaryl/α,β-unsaturated/α-hetero) is 1. The van der Waals surface area contributed by atoms with E-state index in [1.807, 2.05) is 0 Å². The summed E-state index contributed by atoms with van der Waals surface area (Å²) in [5.74, 6) is 8.48. The highest BCUT2D eigenvalue weighted by atomic mass is 16.1. The molecule has 6 rings (SSSR count). The summed E-state index contributed by atoms with van der Waals surface area (Å²) in [6.45, 7) is 18.8. The number of carbonyl (C=O) groups is 1. The van der Waals surface area contributed by atoms with Gasteiger partial charge < -0.3 is 0 Å². The van der Waals surface area contributed by atoms with Crippen molar-refractivity contribution < 1.29 is 4.79 Å². The predicted octanol–water partition coefficient (Wildman–Crippen LogP) is 9.99. The third-order valence-corrected chi connectivity index (χ3v) is 12.0. The van der Waals surface area contributed by atoms with Gasteiger partial charge in [-0.05, 0) is 118 Å². The van der Waals surface area contributed by atoms with E-state index in [9.17, 15) is 4.79 Å². The standard InChI is InChI=1S/C37H52O/c1-19(2)23-12-15-26-24(18-23)13-14-25(20(3)4)33(26)28-16-17-30-34-27(28)10-9-11-29(34)35-31(21(5)6)37(38)32(22(7)8)36(30)35/h12-15,18-22,27-32,34-36H,9-11,16-17H2,1-8H3. The summed E-state index contributed by atoms with van der Waals surface area (Å²) in [6, 6.07) is 12.2. The molecule has 0 aliphatic heterocycles. The smallest absolute Gasteiger partial charge is 0.140 e. The Morgan fingerprint density at radius 2 is 1.29 bits per heavy atom. The van der Waals surface area contributed by atoms with Gasteiger partial charge in [0.05, 0.1) is 0 Å². The van der Waals surface area contributed by atoms with Gasteiger partial charge in [-0.25, -0.2) is 0 Å². The minimum Gasteiger partial charge on any atom is -0.299 e. The third-order valence-electron chi connectivity index (χ3n) is 12.0.